The Bertz CT molecular complexity index is 395. The van der Waals surface area contributed by atoms with E-state index < -0.39 is 0 Å². The Balaban J connectivity index is 1.85. The quantitative estimate of drug-likeness (QED) is 0.507. The Morgan fingerprint density at radius 3 is 2.65 bits per heavy atom. The van der Waals surface area contributed by atoms with Crippen molar-refractivity contribution in [2.45, 2.75) is 25.6 Å². The van der Waals surface area contributed by atoms with Crippen LogP contribution < -0.4 is 21.5 Å². The molecule has 2 rings (SSSR count). The molecule has 1 fully saturated rings. The summed E-state index contributed by atoms with van der Waals surface area (Å²) >= 11 is 8.51. The van der Waals surface area contributed by atoms with Gasteiger partial charge in [-0.25, -0.2) is 5.43 Å². The number of nitrogens with one attached hydrogen (secondary N) is 4. The van der Waals surface area contributed by atoms with Crippen molar-refractivity contribution in [1.29, 1.82) is 0 Å². The number of thiocarbonyl (C=S) groups is 1. The number of halogens is 1. The maximum atomic E-state index is 5.11. The normalized spacial score (nSPS) is 23.8. The summed E-state index contributed by atoms with van der Waals surface area (Å²) in [4.78, 5) is 0. The van der Waals surface area contributed by atoms with E-state index in [2.05, 4.69) is 44.3 Å². The molecule has 1 heterocycles. The molecule has 92 valence electrons. The van der Waals surface area contributed by atoms with Gasteiger partial charge in [0.1, 0.15) is 0 Å². The van der Waals surface area contributed by atoms with Gasteiger partial charge < -0.3 is 16.1 Å². The molecule has 4 nitrogen and oxygen atoms in total. The highest BCUT2D eigenvalue weighted by Crippen LogP contribution is 2.13. The molecule has 0 radical (unpaired) electrons. The molecule has 1 aliphatic rings. The van der Waals surface area contributed by atoms with Crippen LogP contribution in [0.5, 0.6) is 0 Å². The maximum absolute atomic E-state index is 5.11. The summed E-state index contributed by atoms with van der Waals surface area (Å²) < 4.78 is 1.07. The summed E-state index contributed by atoms with van der Waals surface area (Å²) in [5, 5.41) is 7.02. The molecule has 2 unspecified atom stereocenters. The van der Waals surface area contributed by atoms with Gasteiger partial charge in [0.25, 0.3) is 0 Å². The lowest BCUT2D eigenvalue weighted by Crippen LogP contribution is -2.59. The lowest BCUT2D eigenvalue weighted by molar-refractivity contribution is 0.402. The summed E-state index contributed by atoms with van der Waals surface area (Å²) in [5.41, 5.74) is 7.40. The van der Waals surface area contributed by atoms with Crippen LogP contribution >= 0.6 is 28.1 Å². The van der Waals surface area contributed by atoms with Crippen LogP contribution in [-0.2, 0) is 0 Å². The van der Waals surface area contributed by atoms with E-state index in [9.17, 15) is 0 Å². The zero-order valence-electron chi connectivity index (χ0n) is 9.46. The molecule has 0 amide bonds. The van der Waals surface area contributed by atoms with Crippen molar-refractivity contribution in [2.24, 2.45) is 0 Å². The van der Waals surface area contributed by atoms with Crippen molar-refractivity contribution in [3.63, 3.8) is 0 Å². The molecule has 0 bridgehead atoms. The van der Waals surface area contributed by atoms with Crippen LogP contribution in [0, 0.1) is 0 Å². The molecule has 1 aliphatic heterocycles. The minimum atomic E-state index is 0.141. The highest BCUT2D eigenvalue weighted by Gasteiger charge is 2.19. The first-order valence-corrected chi connectivity index (χ1v) is 6.68. The van der Waals surface area contributed by atoms with E-state index in [4.69, 9.17) is 12.2 Å². The number of rotatable bonds is 3. The second kappa shape index (κ2) is 5.66. The van der Waals surface area contributed by atoms with Gasteiger partial charge in [0, 0.05) is 22.6 Å². The molecular weight excluding hydrogens is 300 g/mol. The van der Waals surface area contributed by atoms with E-state index in [1.54, 1.807) is 0 Å². The maximum Gasteiger partial charge on any atom is 0.167 e. The largest absolute Gasteiger partial charge is 0.360 e. The predicted molar refractivity (Wildman–Crippen MR) is 77.6 cm³/mol. The number of hydrogen-bond donors (Lipinski definition) is 4. The minimum absolute atomic E-state index is 0.141. The van der Waals surface area contributed by atoms with E-state index in [0.717, 1.165) is 16.6 Å². The molecule has 6 heteroatoms. The molecule has 2 atom stereocenters. The first-order chi connectivity index (χ1) is 8.13. The average molecular weight is 315 g/mol. The van der Waals surface area contributed by atoms with Crippen molar-refractivity contribution in [2.75, 3.05) is 5.43 Å². The van der Waals surface area contributed by atoms with E-state index >= 15 is 0 Å². The van der Waals surface area contributed by atoms with E-state index in [0.29, 0.717) is 11.2 Å². The van der Waals surface area contributed by atoms with Crippen molar-refractivity contribution in [3.8, 4) is 0 Å². The second-order valence-corrected chi connectivity index (χ2v) is 5.41. The standard InChI is InChI=1S/C11H15BrN4S/c1-7-6-10(14-11(17)13-7)16-15-9-4-2-8(12)3-5-9/h2-5,7,10,15-16H,6H2,1H3,(H2,13,14,17). The Labute approximate surface area is 115 Å². The Kier molecular flexibility index (Phi) is 4.20. The number of anilines is 1. The smallest absolute Gasteiger partial charge is 0.167 e. The fourth-order valence-corrected chi connectivity index (χ4v) is 2.30. The lowest BCUT2D eigenvalue weighted by Gasteiger charge is -2.31. The van der Waals surface area contributed by atoms with Crippen molar-refractivity contribution >= 4 is 38.9 Å². The first-order valence-electron chi connectivity index (χ1n) is 5.47. The third-order valence-corrected chi connectivity index (χ3v) is 3.27. The zero-order chi connectivity index (χ0) is 12.3. The molecule has 17 heavy (non-hydrogen) atoms. The summed E-state index contributed by atoms with van der Waals surface area (Å²) in [6.07, 6.45) is 1.10. The van der Waals surface area contributed by atoms with Gasteiger partial charge in [-0.2, -0.15) is 0 Å². The summed E-state index contributed by atoms with van der Waals surface area (Å²) in [6, 6.07) is 8.37. The highest BCUT2D eigenvalue weighted by molar-refractivity contribution is 9.10. The van der Waals surface area contributed by atoms with Crippen LogP contribution in [0.25, 0.3) is 0 Å². The summed E-state index contributed by atoms with van der Waals surface area (Å²) in [6.45, 7) is 2.11. The Hall–Kier alpha value is -0.850. The molecular formula is C11H15BrN4S. The number of benzene rings is 1. The molecule has 4 N–H and O–H groups in total. The molecule has 1 aromatic carbocycles. The van der Waals surface area contributed by atoms with E-state index in [1.807, 2.05) is 24.3 Å². The third-order valence-electron chi connectivity index (χ3n) is 2.51. The zero-order valence-corrected chi connectivity index (χ0v) is 11.9. The SMILES string of the molecule is CC1CC(NNc2ccc(Br)cc2)NC(=S)N1. The van der Waals surface area contributed by atoms with Gasteiger partial charge in [-0.3, -0.25) is 0 Å². The van der Waals surface area contributed by atoms with Crippen LogP contribution in [0.3, 0.4) is 0 Å². The van der Waals surface area contributed by atoms with Gasteiger partial charge in [-0.05, 0) is 43.4 Å². The van der Waals surface area contributed by atoms with E-state index in [-0.39, 0.29) is 6.17 Å². The van der Waals surface area contributed by atoms with Crippen LogP contribution in [0.15, 0.2) is 28.7 Å². The van der Waals surface area contributed by atoms with Crippen LogP contribution in [0.1, 0.15) is 13.3 Å². The molecule has 1 saturated heterocycles. The van der Waals surface area contributed by atoms with Crippen molar-refractivity contribution in [1.82, 2.24) is 16.1 Å². The molecule has 1 aromatic rings. The Morgan fingerprint density at radius 1 is 1.29 bits per heavy atom. The molecule has 0 saturated carbocycles. The van der Waals surface area contributed by atoms with Crippen molar-refractivity contribution < 1.29 is 0 Å². The third kappa shape index (κ3) is 3.83. The predicted octanol–water partition coefficient (Wildman–Crippen LogP) is 1.95. The highest BCUT2D eigenvalue weighted by atomic mass is 79.9. The summed E-state index contributed by atoms with van der Waals surface area (Å²) in [7, 11) is 0. The van der Waals surface area contributed by atoms with Gasteiger partial charge in [0.15, 0.2) is 5.11 Å². The Morgan fingerprint density at radius 2 is 2.00 bits per heavy atom. The van der Waals surface area contributed by atoms with Gasteiger partial charge in [0.2, 0.25) is 0 Å². The summed E-state index contributed by atoms with van der Waals surface area (Å²) in [5.74, 6) is 0. The van der Waals surface area contributed by atoms with Crippen LogP contribution in [0.2, 0.25) is 0 Å². The second-order valence-electron chi connectivity index (χ2n) is 4.08. The van der Waals surface area contributed by atoms with Gasteiger partial charge in [-0.1, -0.05) is 15.9 Å². The fraction of sp³-hybridized carbons (Fsp3) is 0.364. The van der Waals surface area contributed by atoms with Gasteiger partial charge in [-0.15, -0.1) is 0 Å². The molecule has 0 aromatic heterocycles. The monoisotopic (exact) mass is 314 g/mol. The lowest BCUT2D eigenvalue weighted by atomic mass is 10.2. The average Bonchev–Trinajstić information content (AvgIpc) is 2.27. The van der Waals surface area contributed by atoms with E-state index in [1.165, 1.54) is 0 Å². The molecule has 0 aliphatic carbocycles. The molecule has 0 spiro atoms. The number of hydrogen-bond acceptors (Lipinski definition) is 3. The van der Waals surface area contributed by atoms with Crippen LogP contribution in [-0.4, -0.2) is 17.3 Å². The number of hydrazine groups is 1. The minimum Gasteiger partial charge on any atom is -0.360 e. The topological polar surface area (TPSA) is 48.1 Å². The first kappa shape index (κ1) is 12.6. The van der Waals surface area contributed by atoms with Gasteiger partial charge >= 0.3 is 0 Å². The van der Waals surface area contributed by atoms with Crippen molar-refractivity contribution in [3.05, 3.63) is 28.7 Å². The van der Waals surface area contributed by atoms with Gasteiger partial charge in [0.05, 0.1) is 6.17 Å². The fourth-order valence-electron chi connectivity index (χ4n) is 1.69. The van der Waals surface area contributed by atoms with Crippen LogP contribution in [0.4, 0.5) is 5.69 Å².